The number of pyridine rings is 2. The molecule has 0 radical (unpaired) electrons. The molecule has 5 nitrogen and oxygen atoms in total. The van der Waals surface area contributed by atoms with Crippen molar-refractivity contribution in [1.29, 1.82) is 0 Å². The standard InChI is InChI=1S/C19H17Cl2N3O2S/c1-14-10-19(18(21)11-17(14)20)27(25,26)24(12-15-6-2-4-8-22-15)13-16-7-3-5-9-23-16/h2-11H,12-13H2,1H3. The van der Waals surface area contributed by atoms with E-state index >= 15 is 0 Å². The first kappa shape index (κ1) is 19.8. The Morgan fingerprint density at radius 2 is 1.44 bits per heavy atom. The van der Waals surface area contributed by atoms with Crippen LogP contribution in [-0.2, 0) is 23.1 Å². The summed E-state index contributed by atoms with van der Waals surface area (Å²) in [4.78, 5) is 8.49. The van der Waals surface area contributed by atoms with Gasteiger partial charge in [-0.05, 0) is 48.9 Å². The molecule has 0 saturated heterocycles. The second-order valence-electron chi connectivity index (χ2n) is 5.95. The van der Waals surface area contributed by atoms with Gasteiger partial charge in [-0.1, -0.05) is 35.3 Å². The van der Waals surface area contributed by atoms with Crippen molar-refractivity contribution in [2.24, 2.45) is 0 Å². The third kappa shape index (κ3) is 4.65. The van der Waals surface area contributed by atoms with Gasteiger partial charge in [0, 0.05) is 17.4 Å². The summed E-state index contributed by atoms with van der Waals surface area (Å²) in [7, 11) is -3.90. The quantitative estimate of drug-likeness (QED) is 0.588. The number of sulfonamides is 1. The smallest absolute Gasteiger partial charge is 0.245 e. The van der Waals surface area contributed by atoms with Crippen LogP contribution >= 0.6 is 23.2 Å². The van der Waals surface area contributed by atoms with Gasteiger partial charge in [-0.3, -0.25) is 9.97 Å². The minimum atomic E-state index is -3.90. The molecule has 0 bridgehead atoms. The summed E-state index contributed by atoms with van der Waals surface area (Å²) in [6.45, 7) is 1.93. The van der Waals surface area contributed by atoms with Crippen molar-refractivity contribution in [2.45, 2.75) is 24.9 Å². The Bertz CT molecular complexity index is 988. The number of aromatic nitrogens is 2. The molecule has 2 heterocycles. The third-order valence-corrected chi connectivity index (χ3v) is 6.62. The lowest BCUT2D eigenvalue weighted by Gasteiger charge is -2.22. The Labute approximate surface area is 168 Å². The number of halogens is 2. The van der Waals surface area contributed by atoms with Crippen LogP contribution in [0, 0.1) is 6.92 Å². The maximum absolute atomic E-state index is 13.4. The van der Waals surface area contributed by atoms with E-state index in [4.69, 9.17) is 23.2 Å². The topological polar surface area (TPSA) is 63.2 Å². The highest BCUT2D eigenvalue weighted by Crippen LogP contribution is 2.31. The first-order chi connectivity index (χ1) is 12.9. The second-order valence-corrected chi connectivity index (χ2v) is 8.67. The van der Waals surface area contributed by atoms with Crippen molar-refractivity contribution < 1.29 is 8.42 Å². The average Bonchev–Trinajstić information content (AvgIpc) is 2.66. The summed E-state index contributed by atoms with van der Waals surface area (Å²) in [6, 6.07) is 13.7. The normalized spacial score (nSPS) is 11.7. The van der Waals surface area contributed by atoms with Crippen LogP contribution in [0.5, 0.6) is 0 Å². The van der Waals surface area contributed by atoms with Crippen LogP contribution < -0.4 is 0 Å². The highest BCUT2D eigenvalue weighted by Gasteiger charge is 2.28. The molecule has 140 valence electrons. The minimum Gasteiger partial charge on any atom is -0.260 e. The summed E-state index contributed by atoms with van der Waals surface area (Å²) >= 11 is 12.3. The monoisotopic (exact) mass is 421 g/mol. The van der Waals surface area contributed by atoms with Crippen molar-refractivity contribution in [1.82, 2.24) is 14.3 Å². The molecule has 0 spiro atoms. The fourth-order valence-electron chi connectivity index (χ4n) is 2.54. The third-order valence-electron chi connectivity index (χ3n) is 3.96. The largest absolute Gasteiger partial charge is 0.260 e. The van der Waals surface area contributed by atoms with Crippen LogP contribution in [-0.4, -0.2) is 22.7 Å². The lowest BCUT2D eigenvalue weighted by molar-refractivity contribution is 0.393. The lowest BCUT2D eigenvalue weighted by atomic mass is 10.2. The Morgan fingerprint density at radius 3 is 1.93 bits per heavy atom. The van der Waals surface area contributed by atoms with Crippen LogP contribution in [0.2, 0.25) is 10.0 Å². The van der Waals surface area contributed by atoms with Gasteiger partial charge in [0.05, 0.1) is 29.5 Å². The summed E-state index contributed by atoms with van der Waals surface area (Å²) < 4.78 is 28.0. The molecule has 0 unspecified atom stereocenters. The molecule has 0 aliphatic rings. The molecular formula is C19H17Cl2N3O2S. The van der Waals surface area contributed by atoms with Crippen LogP contribution in [0.1, 0.15) is 17.0 Å². The van der Waals surface area contributed by atoms with Crippen molar-refractivity contribution in [2.75, 3.05) is 0 Å². The summed E-state index contributed by atoms with van der Waals surface area (Å²) in [6.07, 6.45) is 3.25. The zero-order chi connectivity index (χ0) is 19.4. The van der Waals surface area contributed by atoms with Crippen LogP contribution in [0.3, 0.4) is 0 Å². The highest BCUT2D eigenvalue weighted by molar-refractivity contribution is 7.89. The van der Waals surface area contributed by atoms with Gasteiger partial charge in [-0.15, -0.1) is 0 Å². The number of nitrogens with zero attached hydrogens (tertiary/aromatic N) is 3. The molecule has 0 saturated carbocycles. The first-order valence-electron chi connectivity index (χ1n) is 8.13. The molecule has 0 aliphatic heterocycles. The molecule has 0 aliphatic carbocycles. The van der Waals surface area contributed by atoms with Gasteiger partial charge in [0.2, 0.25) is 10.0 Å². The van der Waals surface area contributed by atoms with Crippen LogP contribution in [0.15, 0.2) is 65.8 Å². The van der Waals surface area contributed by atoms with Crippen molar-refractivity contribution in [3.05, 3.63) is 87.9 Å². The maximum atomic E-state index is 13.4. The number of benzene rings is 1. The van der Waals surface area contributed by atoms with E-state index in [1.54, 1.807) is 43.6 Å². The van der Waals surface area contributed by atoms with E-state index < -0.39 is 10.0 Å². The first-order valence-corrected chi connectivity index (χ1v) is 10.3. The predicted molar refractivity (Wildman–Crippen MR) is 106 cm³/mol. The molecule has 1 aromatic carbocycles. The number of hydrogen-bond acceptors (Lipinski definition) is 4. The highest BCUT2D eigenvalue weighted by atomic mass is 35.5. The number of hydrogen-bond donors (Lipinski definition) is 0. The second kappa shape index (κ2) is 8.35. The molecule has 0 fully saturated rings. The molecule has 8 heteroatoms. The molecule has 0 amide bonds. The van der Waals surface area contributed by atoms with Crippen molar-refractivity contribution in [3.8, 4) is 0 Å². The van der Waals surface area contributed by atoms with Crippen molar-refractivity contribution in [3.63, 3.8) is 0 Å². The Morgan fingerprint density at radius 1 is 0.889 bits per heavy atom. The Hall–Kier alpha value is -1.99. The van der Waals surface area contributed by atoms with Gasteiger partial charge >= 0.3 is 0 Å². The molecule has 2 aromatic heterocycles. The Balaban J connectivity index is 2.04. The van der Waals surface area contributed by atoms with E-state index in [0.717, 1.165) is 0 Å². The van der Waals surface area contributed by atoms with Gasteiger partial charge < -0.3 is 0 Å². The van der Waals surface area contributed by atoms with E-state index in [1.807, 2.05) is 12.1 Å². The van der Waals surface area contributed by atoms with Gasteiger partial charge in [0.25, 0.3) is 0 Å². The number of rotatable bonds is 6. The fourth-order valence-corrected chi connectivity index (χ4v) is 4.73. The van der Waals surface area contributed by atoms with E-state index in [2.05, 4.69) is 9.97 Å². The maximum Gasteiger partial charge on any atom is 0.245 e. The van der Waals surface area contributed by atoms with Crippen LogP contribution in [0.25, 0.3) is 0 Å². The zero-order valence-electron chi connectivity index (χ0n) is 14.5. The minimum absolute atomic E-state index is 0.0120. The van der Waals surface area contributed by atoms with E-state index in [9.17, 15) is 8.42 Å². The van der Waals surface area contributed by atoms with E-state index in [-0.39, 0.29) is 23.0 Å². The molecule has 3 aromatic rings. The van der Waals surface area contributed by atoms with Gasteiger partial charge in [0.1, 0.15) is 4.90 Å². The molecule has 0 atom stereocenters. The van der Waals surface area contributed by atoms with Crippen molar-refractivity contribution >= 4 is 33.2 Å². The predicted octanol–water partition coefficient (Wildman–Crippen LogP) is 4.48. The summed E-state index contributed by atoms with van der Waals surface area (Å²) in [5.41, 5.74) is 1.88. The lowest BCUT2D eigenvalue weighted by Crippen LogP contribution is -2.31. The van der Waals surface area contributed by atoms with Crippen LogP contribution in [0.4, 0.5) is 0 Å². The summed E-state index contributed by atoms with van der Waals surface area (Å²) in [5.74, 6) is 0. The average molecular weight is 422 g/mol. The van der Waals surface area contributed by atoms with E-state index in [1.165, 1.54) is 16.4 Å². The Kier molecular flexibility index (Phi) is 6.11. The number of aryl methyl sites for hydroxylation is 1. The molecule has 3 rings (SSSR count). The zero-order valence-corrected chi connectivity index (χ0v) is 16.8. The van der Waals surface area contributed by atoms with Gasteiger partial charge in [-0.2, -0.15) is 4.31 Å². The van der Waals surface area contributed by atoms with Gasteiger partial charge in [0.15, 0.2) is 0 Å². The fraction of sp³-hybridized carbons (Fsp3) is 0.158. The van der Waals surface area contributed by atoms with Gasteiger partial charge in [-0.25, -0.2) is 8.42 Å². The molecule has 0 N–H and O–H groups in total. The summed E-state index contributed by atoms with van der Waals surface area (Å²) in [5, 5.41) is 0.498. The van der Waals surface area contributed by atoms with E-state index in [0.29, 0.717) is 22.0 Å². The molecule has 27 heavy (non-hydrogen) atoms. The SMILES string of the molecule is Cc1cc(S(=O)(=O)N(Cc2ccccn2)Cc2ccccn2)c(Cl)cc1Cl. The molecular weight excluding hydrogens is 405 g/mol.